The van der Waals surface area contributed by atoms with Crippen molar-refractivity contribution in [3.8, 4) is 0 Å². The maximum Gasteiger partial charge on any atom is 0.224 e. The van der Waals surface area contributed by atoms with Crippen molar-refractivity contribution < 1.29 is 9.90 Å². The number of nitrogens with one attached hydrogen (secondary N) is 2. The van der Waals surface area contributed by atoms with Gasteiger partial charge in [-0.3, -0.25) is 4.79 Å². The predicted molar refractivity (Wildman–Crippen MR) is 75.5 cm³/mol. The molecule has 1 aliphatic rings. The molecule has 1 fully saturated rings. The maximum atomic E-state index is 11.7. The number of amides is 1. The fourth-order valence-electron chi connectivity index (χ4n) is 1.83. The summed E-state index contributed by atoms with van der Waals surface area (Å²) in [5.74, 6) is 0.0471. The molecule has 4 nitrogen and oxygen atoms in total. The number of rotatable bonds is 4. The Hall–Kier alpha value is -0.330. The van der Waals surface area contributed by atoms with Gasteiger partial charge in [0, 0.05) is 18.0 Å². The first kappa shape index (κ1) is 15.7. The summed E-state index contributed by atoms with van der Waals surface area (Å²) in [6, 6.07) is 3.52. The molecule has 2 unspecified atom stereocenters. The number of aliphatic hydroxyl groups is 1. The van der Waals surface area contributed by atoms with Gasteiger partial charge in [-0.1, -0.05) is 11.6 Å². The fraction of sp³-hybridized carbons (Fsp3) is 0.545. The standard InChI is InChI=1S/C11H15ClN2O2S.ClH/c12-10-2-1-9(17-10)8(15)6-14-11(16)7-3-4-13-5-7;/h1-2,7-8,13,15H,3-6H2,(H,14,16);1H. The van der Waals surface area contributed by atoms with Crippen molar-refractivity contribution in [3.63, 3.8) is 0 Å². The third-order valence-corrected chi connectivity index (χ3v) is 4.16. The van der Waals surface area contributed by atoms with Gasteiger partial charge in [-0.15, -0.1) is 23.7 Å². The van der Waals surface area contributed by atoms with Gasteiger partial charge in [-0.05, 0) is 25.1 Å². The second kappa shape index (κ2) is 7.31. The first-order valence-electron chi connectivity index (χ1n) is 5.58. The molecule has 0 aliphatic carbocycles. The minimum absolute atomic E-state index is 0. The van der Waals surface area contributed by atoms with E-state index in [1.807, 2.05) is 0 Å². The molecule has 0 bridgehead atoms. The molecule has 0 saturated carbocycles. The fourth-order valence-corrected chi connectivity index (χ4v) is 2.87. The van der Waals surface area contributed by atoms with Crippen molar-refractivity contribution in [1.82, 2.24) is 10.6 Å². The average molecular weight is 311 g/mol. The zero-order valence-electron chi connectivity index (χ0n) is 9.69. The molecule has 0 radical (unpaired) electrons. The molecule has 7 heteroatoms. The van der Waals surface area contributed by atoms with E-state index in [4.69, 9.17) is 11.6 Å². The molecular weight excluding hydrogens is 295 g/mol. The molecule has 1 aromatic heterocycles. The Kier molecular flexibility index (Phi) is 6.38. The van der Waals surface area contributed by atoms with E-state index in [0.717, 1.165) is 24.4 Å². The zero-order chi connectivity index (χ0) is 12.3. The van der Waals surface area contributed by atoms with Crippen molar-refractivity contribution in [2.75, 3.05) is 19.6 Å². The minimum Gasteiger partial charge on any atom is -0.386 e. The molecule has 2 atom stereocenters. The van der Waals surface area contributed by atoms with Crippen LogP contribution in [0.3, 0.4) is 0 Å². The first-order chi connectivity index (χ1) is 8.16. The van der Waals surface area contributed by atoms with E-state index >= 15 is 0 Å². The van der Waals surface area contributed by atoms with E-state index in [1.165, 1.54) is 11.3 Å². The lowest BCUT2D eigenvalue weighted by Gasteiger charge is -2.13. The third-order valence-electron chi connectivity index (χ3n) is 2.82. The number of carbonyl (C=O) groups is 1. The van der Waals surface area contributed by atoms with Crippen molar-refractivity contribution in [2.24, 2.45) is 5.92 Å². The Labute approximate surface area is 121 Å². The predicted octanol–water partition coefficient (Wildman–Crippen LogP) is 1.58. The summed E-state index contributed by atoms with van der Waals surface area (Å²) in [5, 5.41) is 15.8. The van der Waals surface area contributed by atoms with E-state index in [2.05, 4.69) is 10.6 Å². The van der Waals surface area contributed by atoms with E-state index in [1.54, 1.807) is 12.1 Å². The van der Waals surface area contributed by atoms with Gasteiger partial charge in [0.05, 0.1) is 10.3 Å². The lowest BCUT2D eigenvalue weighted by atomic mass is 10.1. The summed E-state index contributed by atoms with van der Waals surface area (Å²) < 4.78 is 0.644. The Morgan fingerprint density at radius 2 is 2.44 bits per heavy atom. The molecule has 3 N–H and O–H groups in total. The first-order valence-corrected chi connectivity index (χ1v) is 6.78. The SMILES string of the molecule is Cl.O=C(NCC(O)c1ccc(Cl)s1)C1CCNC1. The van der Waals surface area contributed by atoms with Crippen LogP contribution < -0.4 is 10.6 Å². The van der Waals surface area contributed by atoms with Gasteiger partial charge in [0.2, 0.25) is 5.91 Å². The third kappa shape index (κ3) is 4.10. The molecule has 102 valence electrons. The van der Waals surface area contributed by atoms with Gasteiger partial charge in [0.25, 0.3) is 0 Å². The van der Waals surface area contributed by atoms with Crippen LogP contribution in [-0.2, 0) is 4.79 Å². The number of thiophene rings is 1. The Morgan fingerprint density at radius 1 is 1.67 bits per heavy atom. The summed E-state index contributed by atoms with van der Waals surface area (Å²) in [5.41, 5.74) is 0. The van der Waals surface area contributed by atoms with Gasteiger partial charge in [0.15, 0.2) is 0 Å². The van der Waals surface area contributed by atoms with E-state index in [-0.39, 0.29) is 30.8 Å². The van der Waals surface area contributed by atoms with Crippen LogP contribution in [0.5, 0.6) is 0 Å². The molecule has 2 heterocycles. The van der Waals surface area contributed by atoms with Crippen molar-refractivity contribution in [2.45, 2.75) is 12.5 Å². The van der Waals surface area contributed by atoms with E-state index in [0.29, 0.717) is 4.34 Å². The topological polar surface area (TPSA) is 61.4 Å². The lowest BCUT2D eigenvalue weighted by molar-refractivity contribution is -0.124. The largest absolute Gasteiger partial charge is 0.386 e. The molecule has 1 saturated heterocycles. The van der Waals surface area contributed by atoms with Crippen molar-refractivity contribution in [1.29, 1.82) is 0 Å². The highest BCUT2D eigenvalue weighted by atomic mass is 35.5. The Balaban J connectivity index is 0.00000162. The molecule has 1 aliphatic heterocycles. The Bertz CT molecular complexity index is 394. The second-order valence-electron chi connectivity index (χ2n) is 4.09. The van der Waals surface area contributed by atoms with Crippen LogP contribution in [0.25, 0.3) is 0 Å². The molecule has 2 rings (SSSR count). The monoisotopic (exact) mass is 310 g/mol. The van der Waals surface area contributed by atoms with Crippen LogP contribution in [0.4, 0.5) is 0 Å². The van der Waals surface area contributed by atoms with E-state index < -0.39 is 6.10 Å². The van der Waals surface area contributed by atoms with Crippen LogP contribution in [0.2, 0.25) is 4.34 Å². The normalized spacial score (nSPS) is 20.2. The average Bonchev–Trinajstić information content (AvgIpc) is 2.95. The minimum atomic E-state index is -0.675. The molecular formula is C11H16Cl2N2O2S. The van der Waals surface area contributed by atoms with Gasteiger partial charge in [0.1, 0.15) is 6.10 Å². The molecule has 18 heavy (non-hydrogen) atoms. The summed E-state index contributed by atoms with van der Waals surface area (Å²) in [6.07, 6.45) is 0.193. The van der Waals surface area contributed by atoms with Crippen LogP contribution in [0.15, 0.2) is 12.1 Å². The van der Waals surface area contributed by atoms with Crippen LogP contribution in [-0.4, -0.2) is 30.6 Å². The van der Waals surface area contributed by atoms with Gasteiger partial charge in [-0.2, -0.15) is 0 Å². The van der Waals surface area contributed by atoms with Gasteiger partial charge >= 0.3 is 0 Å². The van der Waals surface area contributed by atoms with Crippen molar-refractivity contribution >= 4 is 41.3 Å². The quantitative estimate of drug-likeness (QED) is 0.791. The number of carbonyl (C=O) groups excluding carboxylic acids is 1. The Morgan fingerprint density at radius 3 is 3.00 bits per heavy atom. The van der Waals surface area contributed by atoms with Crippen LogP contribution >= 0.6 is 35.3 Å². The number of halogens is 2. The van der Waals surface area contributed by atoms with Crippen LogP contribution in [0, 0.1) is 5.92 Å². The lowest BCUT2D eigenvalue weighted by Crippen LogP contribution is -2.34. The summed E-state index contributed by atoms with van der Waals surface area (Å²) in [4.78, 5) is 12.5. The summed E-state index contributed by atoms with van der Waals surface area (Å²) >= 11 is 7.11. The highest BCUT2D eigenvalue weighted by Crippen LogP contribution is 2.26. The second-order valence-corrected chi connectivity index (χ2v) is 5.84. The summed E-state index contributed by atoms with van der Waals surface area (Å²) in [7, 11) is 0. The molecule has 1 amide bonds. The smallest absolute Gasteiger partial charge is 0.224 e. The van der Waals surface area contributed by atoms with Crippen molar-refractivity contribution in [3.05, 3.63) is 21.3 Å². The zero-order valence-corrected chi connectivity index (χ0v) is 12.1. The molecule has 1 aromatic rings. The number of aliphatic hydroxyl groups excluding tert-OH is 1. The highest BCUT2D eigenvalue weighted by molar-refractivity contribution is 7.16. The van der Waals surface area contributed by atoms with Gasteiger partial charge in [-0.25, -0.2) is 0 Å². The van der Waals surface area contributed by atoms with Crippen LogP contribution in [0.1, 0.15) is 17.4 Å². The molecule has 0 spiro atoms. The summed E-state index contributed by atoms with van der Waals surface area (Å²) in [6.45, 7) is 1.86. The maximum absolute atomic E-state index is 11.7. The molecule has 0 aromatic carbocycles. The van der Waals surface area contributed by atoms with Gasteiger partial charge < -0.3 is 15.7 Å². The highest BCUT2D eigenvalue weighted by Gasteiger charge is 2.22. The van der Waals surface area contributed by atoms with E-state index in [9.17, 15) is 9.90 Å². The number of hydrogen-bond donors (Lipinski definition) is 3. The number of hydrogen-bond acceptors (Lipinski definition) is 4.